The Morgan fingerprint density at radius 2 is 1.86 bits per heavy atom. The van der Waals surface area contributed by atoms with Crippen LogP contribution in [0.2, 0.25) is 0 Å². The van der Waals surface area contributed by atoms with Crippen LogP contribution < -0.4 is 14.8 Å². The number of rotatable bonds is 6. The summed E-state index contributed by atoms with van der Waals surface area (Å²) in [4.78, 5) is 27.1. The maximum Gasteiger partial charge on any atom is 0.291 e. The lowest BCUT2D eigenvalue weighted by molar-refractivity contribution is -0.131. The van der Waals surface area contributed by atoms with E-state index in [0.717, 1.165) is 0 Å². The van der Waals surface area contributed by atoms with Crippen LogP contribution in [0, 0.1) is 0 Å². The van der Waals surface area contributed by atoms with E-state index in [1.807, 2.05) is 0 Å². The van der Waals surface area contributed by atoms with E-state index in [2.05, 4.69) is 5.32 Å². The van der Waals surface area contributed by atoms with Gasteiger partial charge < -0.3 is 28.8 Å². The van der Waals surface area contributed by atoms with Gasteiger partial charge in [-0.15, -0.1) is 0 Å². The molecule has 1 aromatic carbocycles. The number of hydrogen-bond acceptors (Lipinski definition) is 6. The van der Waals surface area contributed by atoms with Crippen LogP contribution in [0.15, 0.2) is 46.7 Å². The number of ether oxygens (including phenoxy) is 3. The van der Waals surface area contributed by atoms with Crippen molar-refractivity contribution in [2.75, 3.05) is 40.5 Å². The molecule has 0 bridgehead atoms. The molecule has 0 aliphatic carbocycles. The number of furan rings is 1. The van der Waals surface area contributed by atoms with Crippen molar-refractivity contribution in [1.29, 1.82) is 0 Å². The topological polar surface area (TPSA) is 90.2 Å². The van der Waals surface area contributed by atoms with Gasteiger partial charge in [-0.25, -0.2) is 0 Å². The predicted octanol–water partition coefficient (Wildman–Crippen LogP) is 1.93. The summed E-state index contributed by atoms with van der Waals surface area (Å²) in [6, 6.07) is 8.37. The Morgan fingerprint density at radius 1 is 1.11 bits per heavy atom. The second-order valence-electron chi connectivity index (χ2n) is 6.01. The molecule has 0 unspecified atom stereocenters. The third-order valence-corrected chi connectivity index (χ3v) is 4.24. The molecule has 1 aliphatic heterocycles. The highest BCUT2D eigenvalue weighted by Gasteiger charge is 2.23. The van der Waals surface area contributed by atoms with Crippen LogP contribution in [0.1, 0.15) is 16.1 Å². The molecule has 2 amide bonds. The summed E-state index contributed by atoms with van der Waals surface area (Å²) in [6.07, 6.45) is 3.00. The molecule has 8 heteroatoms. The first-order chi connectivity index (χ1) is 13.6. The molecule has 1 fully saturated rings. The summed E-state index contributed by atoms with van der Waals surface area (Å²) in [5.74, 6) is 0.413. The molecule has 3 rings (SSSR count). The molecule has 1 aliphatic rings. The van der Waals surface area contributed by atoms with E-state index in [1.165, 1.54) is 19.4 Å². The van der Waals surface area contributed by atoms with Gasteiger partial charge in [-0.05, 0) is 35.9 Å². The van der Waals surface area contributed by atoms with Crippen LogP contribution in [0.5, 0.6) is 11.5 Å². The fraction of sp³-hybridized carbons (Fsp3) is 0.300. The zero-order valence-corrected chi connectivity index (χ0v) is 15.8. The molecule has 1 saturated heterocycles. The molecule has 0 spiro atoms. The standard InChI is InChI=1S/C20H22N2O6/c1-25-16-6-5-14(13-18(16)26-2)12-15(20(24)22-7-10-27-11-8-22)21-19(23)17-4-3-9-28-17/h3-6,9,12-13H,7-8,10-11H2,1-2H3,(H,21,23). The zero-order chi connectivity index (χ0) is 19.9. The fourth-order valence-corrected chi connectivity index (χ4v) is 2.79. The van der Waals surface area contributed by atoms with E-state index in [-0.39, 0.29) is 17.4 Å². The van der Waals surface area contributed by atoms with E-state index in [1.54, 1.807) is 42.4 Å². The molecule has 28 heavy (non-hydrogen) atoms. The van der Waals surface area contributed by atoms with Gasteiger partial charge >= 0.3 is 0 Å². The molecule has 1 N–H and O–H groups in total. The van der Waals surface area contributed by atoms with Gasteiger partial charge in [0.1, 0.15) is 5.70 Å². The van der Waals surface area contributed by atoms with Crippen LogP contribution in [-0.4, -0.2) is 57.2 Å². The van der Waals surface area contributed by atoms with Crippen molar-refractivity contribution >= 4 is 17.9 Å². The number of nitrogens with one attached hydrogen (secondary N) is 1. The van der Waals surface area contributed by atoms with Crippen LogP contribution >= 0.6 is 0 Å². The molecule has 2 heterocycles. The van der Waals surface area contributed by atoms with Crippen LogP contribution in [0.4, 0.5) is 0 Å². The van der Waals surface area contributed by atoms with Gasteiger partial charge in [0.15, 0.2) is 17.3 Å². The molecule has 2 aromatic rings. The van der Waals surface area contributed by atoms with Crippen LogP contribution in [0.3, 0.4) is 0 Å². The van der Waals surface area contributed by atoms with Gasteiger partial charge in [-0.1, -0.05) is 6.07 Å². The van der Waals surface area contributed by atoms with Crippen molar-refractivity contribution in [3.05, 3.63) is 53.6 Å². The van der Waals surface area contributed by atoms with Crippen molar-refractivity contribution in [3.63, 3.8) is 0 Å². The first kappa shape index (κ1) is 19.5. The number of methoxy groups -OCH3 is 2. The lowest BCUT2D eigenvalue weighted by atomic mass is 10.1. The molecule has 0 radical (unpaired) electrons. The van der Waals surface area contributed by atoms with Crippen LogP contribution in [0.25, 0.3) is 6.08 Å². The lowest BCUT2D eigenvalue weighted by Gasteiger charge is -2.27. The quantitative estimate of drug-likeness (QED) is 0.763. The molecule has 1 aromatic heterocycles. The SMILES string of the molecule is COc1ccc(C=C(NC(=O)c2ccco2)C(=O)N2CCOCC2)cc1OC. The highest BCUT2D eigenvalue weighted by Crippen LogP contribution is 2.28. The van der Waals surface area contributed by atoms with Crippen molar-refractivity contribution < 1.29 is 28.2 Å². The summed E-state index contributed by atoms with van der Waals surface area (Å²) in [7, 11) is 3.08. The van der Waals surface area contributed by atoms with E-state index in [0.29, 0.717) is 43.4 Å². The molecule has 8 nitrogen and oxygen atoms in total. The first-order valence-electron chi connectivity index (χ1n) is 8.78. The van der Waals surface area contributed by atoms with Gasteiger partial charge in [-0.2, -0.15) is 0 Å². The second kappa shape index (κ2) is 9.09. The van der Waals surface area contributed by atoms with Crippen molar-refractivity contribution in [3.8, 4) is 11.5 Å². The summed E-state index contributed by atoms with van der Waals surface area (Å²) in [6.45, 7) is 1.83. The number of carbonyl (C=O) groups excluding carboxylic acids is 2. The van der Waals surface area contributed by atoms with E-state index in [4.69, 9.17) is 18.6 Å². The largest absolute Gasteiger partial charge is 0.493 e. The fourth-order valence-electron chi connectivity index (χ4n) is 2.79. The molecular formula is C20H22N2O6. The Kier molecular flexibility index (Phi) is 6.33. The molecule has 148 valence electrons. The Hall–Kier alpha value is -3.26. The zero-order valence-electron chi connectivity index (χ0n) is 15.8. The summed E-state index contributed by atoms with van der Waals surface area (Å²) < 4.78 is 21.0. The van der Waals surface area contributed by atoms with E-state index in [9.17, 15) is 9.59 Å². The second-order valence-corrected chi connectivity index (χ2v) is 6.01. The van der Waals surface area contributed by atoms with Gasteiger partial charge in [0.05, 0.1) is 33.7 Å². The van der Waals surface area contributed by atoms with E-state index < -0.39 is 5.91 Å². The third-order valence-electron chi connectivity index (χ3n) is 4.24. The molecule has 0 atom stereocenters. The third kappa shape index (κ3) is 4.52. The Labute approximate surface area is 162 Å². The minimum atomic E-state index is -0.502. The lowest BCUT2D eigenvalue weighted by Crippen LogP contribution is -2.44. The number of amides is 2. The number of hydrogen-bond donors (Lipinski definition) is 1. The van der Waals surface area contributed by atoms with Crippen LogP contribution in [-0.2, 0) is 9.53 Å². The first-order valence-corrected chi connectivity index (χ1v) is 8.78. The van der Waals surface area contributed by atoms with Crippen molar-refractivity contribution in [2.45, 2.75) is 0 Å². The van der Waals surface area contributed by atoms with Gasteiger partial charge in [0, 0.05) is 13.1 Å². The average molecular weight is 386 g/mol. The smallest absolute Gasteiger partial charge is 0.291 e. The number of benzene rings is 1. The minimum absolute atomic E-state index is 0.119. The summed E-state index contributed by atoms with van der Waals surface area (Å²) in [5, 5.41) is 2.66. The minimum Gasteiger partial charge on any atom is -0.493 e. The summed E-state index contributed by atoms with van der Waals surface area (Å²) in [5.41, 5.74) is 0.810. The number of nitrogens with zero attached hydrogens (tertiary/aromatic N) is 1. The van der Waals surface area contributed by atoms with Crippen molar-refractivity contribution in [2.24, 2.45) is 0 Å². The number of carbonyl (C=O) groups is 2. The highest BCUT2D eigenvalue weighted by atomic mass is 16.5. The Morgan fingerprint density at radius 3 is 2.50 bits per heavy atom. The van der Waals surface area contributed by atoms with E-state index >= 15 is 0 Å². The summed E-state index contributed by atoms with van der Waals surface area (Å²) >= 11 is 0. The molecular weight excluding hydrogens is 364 g/mol. The highest BCUT2D eigenvalue weighted by molar-refractivity contribution is 6.04. The normalized spacial score (nSPS) is 14.5. The van der Waals surface area contributed by atoms with Gasteiger partial charge in [-0.3, -0.25) is 9.59 Å². The number of morpholine rings is 1. The maximum atomic E-state index is 13.0. The molecule has 0 saturated carbocycles. The Bertz CT molecular complexity index is 854. The monoisotopic (exact) mass is 386 g/mol. The Balaban J connectivity index is 1.91. The maximum absolute atomic E-state index is 13.0. The predicted molar refractivity (Wildman–Crippen MR) is 101 cm³/mol. The van der Waals surface area contributed by atoms with Crippen molar-refractivity contribution in [1.82, 2.24) is 10.2 Å². The van der Waals surface area contributed by atoms with Gasteiger partial charge in [0.25, 0.3) is 11.8 Å². The van der Waals surface area contributed by atoms with Gasteiger partial charge in [0.2, 0.25) is 0 Å². The average Bonchev–Trinajstić information content (AvgIpc) is 3.28.